The smallest absolute Gasteiger partial charge is 0.137 e. The van der Waals surface area contributed by atoms with E-state index in [1.54, 1.807) is 11.1 Å². The van der Waals surface area contributed by atoms with Crippen molar-refractivity contribution in [3.8, 4) is 0 Å². The topological polar surface area (TPSA) is 13.0 Å². The summed E-state index contributed by atoms with van der Waals surface area (Å²) in [5.74, 6) is 0. The summed E-state index contributed by atoms with van der Waals surface area (Å²) < 4.78 is 2.63. The number of nitrogens with zero attached hydrogens (tertiary/aromatic N) is 6. The van der Waals surface area contributed by atoms with Crippen molar-refractivity contribution in [3.63, 3.8) is 0 Å². The average molecular weight is 418 g/mol. The second-order valence-corrected chi connectivity index (χ2v) is 14.9. The molecule has 8 aliphatic rings. The minimum atomic E-state index is 0.217. The average Bonchev–Trinajstić information content (AvgIpc) is 2.60. The number of hydrogen-bond acceptors (Lipinski definition) is 4. The van der Waals surface area contributed by atoms with E-state index in [1.165, 1.54) is 99.8 Å². The van der Waals surface area contributed by atoms with Gasteiger partial charge in [-0.2, -0.15) is 0 Å². The fraction of sp³-hybridized carbons (Fsp3) is 0.700. The standard InChI is InChI=1S/C20H32N6P2/c1-2-4-20(6-26-11-23-8-24(12-26)16-28(15-23)18-26)19(3-1)5-25-9-21-7-22(10-25)14-27(13-21)17-25/h1-4H,5-18H2/q+2. The summed E-state index contributed by atoms with van der Waals surface area (Å²) >= 11 is 0. The summed E-state index contributed by atoms with van der Waals surface area (Å²) in [6.45, 7) is 10.1. The number of quaternary nitrogens is 2. The first-order chi connectivity index (χ1) is 13.6. The lowest BCUT2D eigenvalue weighted by Crippen LogP contribution is -2.71. The highest BCUT2D eigenvalue weighted by atomic mass is 31.1. The third-order valence-corrected chi connectivity index (χ3v) is 12.7. The number of rotatable bonds is 4. The SMILES string of the molecule is c1ccc(C[N+]23CN4CN(CP(C4)C2)C3)c(C[N+]23CN4CN(CP(C4)C2)C3)c1. The first-order valence-corrected chi connectivity index (χ1v) is 14.6. The molecule has 0 aliphatic carbocycles. The van der Waals surface area contributed by atoms with E-state index in [1.807, 2.05) is 0 Å². The third-order valence-electron chi connectivity index (χ3n) is 7.53. The summed E-state index contributed by atoms with van der Waals surface area (Å²) in [6, 6.07) is 9.50. The van der Waals surface area contributed by atoms with Crippen molar-refractivity contribution in [2.75, 3.05) is 77.7 Å². The van der Waals surface area contributed by atoms with Crippen LogP contribution in [0, 0.1) is 0 Å². The van der Waals surface area contributed by atoms with Crippen LogP contribution < -0.4 is 0 Å². The van der Waals surface area contributed by atoms with E-state index >= 15 is 0 Å². The van der Waals surface area contributed by atoms with Crippen molar-refractivity contribution in [2.45, 2.75) is 13.1 Å². The Kier molecular flexibility index (Phi) is 3.87. The maximum absolute atomic E-state index is 2.74. The summed E-state index contributed by atoms with van der Waals surface area (Å²) in [6.07, 6.45) is 8.55. The first-order valence-electron chi connectivity index (χ1n) is 10.8. The molecule has 0 saturated carbocycles. The van der Waals surface area contributed by atoms with Gasteiger partial charge in [0.1, 0.15) is 52.3 Å². The Balaban J connectivity index is 1.17. The molecule has 0 radical (unpaired) electrons. The first kappa shape index (κ1) is 17.5. The molecular weight excluding hydrogens is 386 g/mol. The Morgan fingerprint density at radius 3 is 1.39 bits per heavy atom. The number of benzene rings is 1. The van der Waals surface area contributed by atoms with E-state index in [0.29, 0.717) is 0 Å². The monoisotopic (exact) mass is 418 g/mol. The van der Waals surface area contributed by atoms with Crippen LogP contribution in [0.15, 0.2) is 24.3 Å². The molecular formula is C20H32N6P2+2. The summed E-state index contributed by atoms with van der Waals surface area (Å²) in [4.78, 5) is 11.0. The number of hydrogen-bond donors (Lipinski definition) is 0. The Bertz CT molecular complexity index is 665. The molecule has 8 fully saturated rings. The van der Waals surface area contributed by atoms with E-state index in [4.69, 9.17) is 0 Å². The van der Waals surface area contributed by atoms with E-state index in [9.17, 15) is 0 Å². The quantitative estimate of drug-likeness (QED) is 0.548. The van der Waals surface area contributed by atoms with Crippen LogP contribution in [-0.2, 0) is 13.1 Å². The lowest BCUT2D eigenvalue weighted by molar-refractivity contribution is -0.963. The molecule has 8 aliphatic heterocycles. The van der Waals surface area contributed by atoms with Gasteiger partial charge < -0.3 is 0 Å². The van der Waals surface area contributed by atoms with Crippen LogP contribution in [-0.4, -0.2) is 106 Å². The largest absolute Gasteiger partial charge is 0.291 e. The van der Waals surface area contributed by atoms with Gasteiger partial charge in [-0.25, -0.2) is 19.6 Å². The van der Waals surface area contributed by atoms with Crippen LogP contribution in [0.3, 0.4) is 0 Å². The summed E-state index contributed by atoms with van der Waals surface area (Å²) in [5.41, 5.74) is 3.30. The van der Waals surface area contributed by atoms with Gasteiger partial charge in [0.05, 0.1) is 13.3 Å². The zero-order chi connectivity index (χ0) is 18.3. The fourth-order valence-electron chi connectivity index (χ4n) is 7.20. The predicted molar refractivity (Wildman–Crippen MR) is 114 cm³/mol. The van der Waals surface area contributed by atoms with E-state index < -0.39 is 0 Å². The molecule has 1 aromatic carbocycles. The highest BCUT2D eigenvalue weighted by Crippen LogP contribution is 2.53. The molecule has 0 spiro atoms. The Morgan fingerprint density at radius 1 is 0.643 bits per heavy atom. The van der Waals surface area contributed by atoms with E-state index in [0.717, 1.165) is 0 Å². The molecule has 150 valence electrons. The molecule has 8 bridgehead atoms. The zero-order valence-electron chi connectivity index (χ0n) is 16.8. The molecule has 1 aromatic rings. The minimum absolute atomic E-state index is 0.217. The van der Waals surface area contributed by atoms with Gasteiger partial charge in [0.15, 0.2) is 0 Å². The summed E-state index contributed by atoms with van der Waals surface area (Å²) in [7, 11) is 0.433. The van der Waals surface area contributed by atoms with Crippen molar-refractivity contribution in [1.82, 2.24) is 19.6 Å². The molecule has 0 N–H and O–H groups in total. The molecule has 8 heterocycles. The molecule has 8 saturated heterocycles. The second kappa shape index (κ2) is 6.18. The van der Waals surface area contributed by atoms with Gasteiger partial charge >= 0.3 is 0 Å². The Labute approximate surface area is 170 Å². The van der Waals surface area contributed by atoms with Gasteiger partial charge in [0, 0.05) is 36.3 Å². The molecule has 4 unspecified atom stereocenters. The van der Waals surface area contributed by atoms with Gasteiger partial charge in [-0.3, -0.25) is 8.97 Å². The summed E-state index contributed by atoms with van der Waals surface area (Å²) in [5, 5.41) is 0. The maximum Gasteiger partial charge on any atom is 0.137 e. The van der Waals surface area contributed by atoms with Gasteiger partial charge in [-0.1, -0.05) is 24.3 Å². The van der Waals surface area contributed by atoms with Crippen LogP contribution in [0.4, 0.5) is 0 Å². The van der Waals surface area contributed by atoms with Crippen molar-refractivity contribution in [3.05, 3.63) is 35.4 Å². The van der Waals surface area contributed by atoms with Gasteiger partial charge in [-0.15, -0.1) is 0 Å². The molecule has 6 nitrogen and oxygen atoms in total. The highest BCUT2D eigenvalue weighted by Gasteiger charge is 2.51. The van der Waals surface area contributed by atoms with Crippen molar-refractivity contribution < 1.29 is 8.97 Å². The molecule has 28 heavy (non-hydrogen) atoms. The van der Waals surface area contributed by atoms with Gasteiger partial charge in [0.25, 0.3) is 0 Å². The van der Waals surface area contributed by atoms with Crippen molar-refractivity contribution >= 4 is 15.8 Å². The van der Waals surface area contributed by atoms with Crippen molar-refractivity contribution in [2.24, 2.45) is 0 Å². The van der Waals surface area contributed by atoms with Crippen LogP contribution in [0.5, 0.6) is 0 Å². The minimum Gasteiger partial charge on any atom is -0.291 e. The van der Waals surface area contributed by atoms with Crippen LogP contribution in [0.25, 0.3) is 0 Å². The van der Waals surface area contributed by atoms with Crippen molar-refractivity contribution in [1.29, 1.82) is 0 Å². The van der Waals surface area contributed by atoms with E-state index in [2.05, 4.69) is 43.9 Å². The lowest BCUT2D eigenvalue weighted by atomic mass is 10.0. The fourth-order valence-corrected chi connectivity index (χ4v) is 13.0. The zero-order valence-corrected chi connectivity index (χ0v) is 18.6. The van der Waals surface area contributed by atoms with Gasteiger partial charge in [0.2, 0.25) is 0 Å². The second-order valence-electron chi connectivity index (χ2n) is 10.5. The van der Waals surface area contributed by atoms with Gasteiger partial charge in [-0.05, 0) is 15.8 Å². The lowest BCUT2D eigenvalue weighted by Gasteiger charge is -2.60. The van der Waals surface area contributed by atoms with Crippen LogP contribution >= 0.6 is 15.8 Å². The van der Waals surface area contributed by atoms with E-state index in [-0.39, 0.29) is 15.8 Å². The van der Waals surface area contributed by atoms with Crippen LogP contribution in [0.2, 0.25) is 0 Å². The van der Waals surface area contributed by atoms with Crippen LogP contribution in [0.1, 0.15) is 11.1 Å². The molecule has 9 rings (SSSR count). The molecule has 0 amide bonds. The maximum atomic E-state index is 2.74. The molecule has 4 atom stereocenters. The highest BCUT2D eigenvalue weighted by molar-refractivity contribution is 7.57. The predicted octanol–water partition coefficient (Wildman–Crippen LogP) is 2.06. The molecule has 8 heteroatoms. The normalized spacial score (nSPS) is 50.4. The molecule has 0 aromatic heterocycles. The Hall–Kier alpha value is -0.160. The Morgan fingerprint density at radius 2 is 1.04 bits per heavy atom. The third kappa shape index (κ3) is 2.85.